The Morgan fingerprint density at radius 3 is 2.65 bits per heavy atom. The maximum Gasteiger partial charge on any atom is 0.171 e. The van der Waals surface area contributed by atoms with Gasteiger partial charge in [-0.05, 0) is 25.0 Å². The Labute approximate surface area is 105 Å². The van der Waals surface area contributed by atoms with Gasteiger partial charge in [0.25, 0.3) is 0 Å². The number of anilines is 1. The quantitative estimate of drug-likeness (QED) is 0.645. The zero-order chi connectivity index (χ0) is 12.3. The number of hydrogen-bond donors (Lipinski definition) is 2. The van der Waals surface area contributed by atoms with Crippen molar-refractivity contribution in [3.8, 4) is 10.7 Å². The molecule has 0 saturated carbocycles. The summed E-state index contributed by atoms with van der Waals surface area (Å²) in [6.07, 6.45) is 1.91. The van der Waals surface area contributed by atoms with E-state index in [-0.39, 0.29) is 0 Å². The minimum Gasteiger partial charge on any atom is -0.308 e. The molecule has 0 aromatic carbocycles. The Morgan fingerprint density at radius 2 is 2.06 bits per heavy atom. The van der Waals surface area contributed by atoms with Gasteiger partial charge in [0, 0.05) is 16.6 Å². The highest BCUT2D eigenvalue weighted by atomic mass is 32.1. The number of rotatable bonds is 4. The third-order valence-electron chi connectivity index (χ3n) is 2.52. The predicted molar refractivity (Wildman–Crippen MR) is 71.9 cm³/mol. The third kappa shape index (κ3) is 2.62. The summed E-state index contributed by atoms with van der Waals surface area (Å²) in [6, 6.07) is 6.06. The highest BCUT2D eigenvalue weighted by Crippen LogP contribution is 2.26. The number of nitrogens with two attached hydrogens (primary N) is 1. The second-order valence-electron chi connectivity index (χ2n) is 3.69. The zero-order valence-electron chi connectivity index (χ0n) is 10.0. The molecule has 0 radical (unpaired) electrons. The molecule has 5 heteroatoms. The van der Waals surface area contributed by atoms with Gasteiger partial charge in [-0.1, -0.05) is 13.8 Å². The molecule has 90 valence electrons. The van der Waals surface area contributed by atoms with Gasteiger partial charge in [-0.3, -0.25) is 0 Å². The van der Waals surface area contributed by atoms with Crippen LogP contribution in [0.4, 0.5) is 5.82 Å². The van der Waals surface area contributed by atoms with Gasteiger partial charge in [0.2, 0.25) is 0 Å². The summed E-state index contributed by atoms with van der Waals surface area (Å²) < 4.78 is 0. The molecule has 0 saturated heterocycles. The predicted octanol–water partition coefficient (Wildman–Crippen LogP) is 2.62. The second kappa shape index (κ2) is 5.25. The molecule has 4 nitrogen and oxygen atoms in total. The molecule has 0 aliphatic rings. The molecule has 0 aliphatic heterocycles. The first-order valence-corrected chi connectivity index (χ1v) is 6.52. The van der Waals surface area contributed by atoms with Crippen LogP contribution in [0.2, 0.25) is 0 Å². The number of aryl methyl sites for hydroxylation is 2. The lowest BCUT2D eigenvalue weighted by Gasteiger charge is -2.04. The van der Waals surface area contributed by atoms with Crippen LogP contribution < -0.4 is 11.3 Å². The van der Waals surface area contributed by atoms with Crippen molar-refractivity contribution in [1.29, 1.82) is 0 Å². The first-order chi connectivity index (χ1) is 8.26. The van der Waals surface area contributed by atoms with E-state index in [4.69, 9.17) is 5.84 Å². The number of hydrazine groups is 1. The molecule has 0 aliphatic carbocycles. The smallest absolute Gasteiger partial charge is 0.171 e. The summed E-state index contributed by atoms with van der Waals surface area (Å²) in [6.45, 7) is 4.21. The molecule has 2 heterocycles. The van der Waals surface area contributed by atoms with Crippen molar-refractivity contribution < 1.29 is 0 Å². The van der Waals surface area contributed by atoms with Gasteiger partial charge in [0.05, 0.1) is 4.88 Å². The van der Waals surface area contributed by atoms with Crippen LogP contribution in [0.3, 0.4) is 0 Å². The highest BCUT2D eigenvalue weighted by molar-refractivity contribution is 7.15. The maximum atomic E-state index is 5.41. The van der Waals surface area contributed by atoms with Crippen LogP contribution in [-0.4, -0.2) is 9.97 Å². The SMILES string of the molecule is CCc1cc(NN)nc(-c2ccc(CC)s2)n1. The van der Waals surface area contributed by atoms with E-state index in [1.807, 2.05) is 6.07 Å². The molecule has 3 N–H and O–H groups in total. The van der Waals surface area contributed by atoms with Gasteiger partial charge in [-0.15, -0.1) is 11.3 Å². The summed E-state index contributed by atoms with van der Waals surface area (Å²) in [5, 5.41) is 0. The summed E-state index contributed by atoms with van der Waals surface area (Å²) >= 11 is 1.73. The van der Waals surface area contributed by atoms with Gasteiger partial charge in [0.1, 0.15) is 5.82 Å². The molecular formula is C12H16N4S. The number of nitrogen functional groups attached to an aromatic ring is 1. The molecule has 2 aromatic heterocycles. The van der Waals surface area contributed by atoms with Crippen molar-refractivity contribution in [2.24, 2.45) is 5.84 Å². The molecule has 2 rings (SSSR count). The molecular weight excluding hydrogens is 232 g/mol. The fraction of sp³-hybridized carbons (Fsp3) is 0.333. The van der Waals surface area contributed by atoms with Gasteiger partial charge < -0.3 is 5.43 Å². The Bertz CT molecular complexity index is 485. The topological polar surface area (TPSA) is 63.8 Å². The van der Waals surface area contributed by atoms with Crippen LogP contribution in [-0.2, 0) is 12.8 Å². The highest BCUT2D eigenvalue weighted by Gasteiger charge is 2.08. The van der Waals surface area contributed by atoms with E-state index in [0.29, 0.717) is 5.82 Å². The molecule has 0 unspecified atom stereocenters. The molecule has 0 fully saturated rings. The average molecular weight is 248 g/mol. The van der Waals surface area contributed by atoms with Crippen molar-refractivity contribution in [1.82, 2.24) is 9.97 Å². The number of aromatic nitrogens is 2. The molecule has 0 spiro atoms. The lowest BCUT2D eigenvalue weighted by atomic mass is 10.3. The summed E-state index contributed by atoms with van der Waals surface area (Å²) in [5.74, 6) is 6.83. The summed E-state index contributed by atoms with van der Waals surface area (Å²) in [7, 11) is 0. The average Bonchev–Trinajstić information content (AvgIpc) is 2.86. The number of nitrogens with zero attached hydrogens (tertiary/aromatic N) is 2. The first-order valence-electron chi connectivity index (χ1n) is 5.70. The van der Waals surface area contributed by atoms with Gasteiger partial charge in [0.15, 0.2) is 5.82 Å². The standard InChI is InChI=1S/C12H16N4S/c1-3-8-7-11(16-13)15-12(14-8)10-6-5-9(4-2)17-10/h5-7H,3-4,13H2,1-2H3,(H,14,15,16). The van der Waals surface area contributed by atoms with E-state index in [1.54, 1.807) is 11.3 Å². The van der Waals surface area contributed by atoms with Crippen molar-refractivity contribution >= 4 is 17.2 Å². The molecule has 0 atom stereocenters. The monoisotopic (exact) mass is 248 g/mol. The van der Waals surface area contributed by atoms with Crippen LogP contribution >= 0.6 is 11.3 Å². The van der Waals surface area contributed by atoms with Crippen molar-refractivity contribution in [3.05, 3.63) is 28.8 Å². The van der Waals surface area contributed by atoms with E-state index in [0.717, 1.165) is 29.2 Å². The minimum atomic E-state index is 0.665. The van der Waals surface area contributed by atoms with E-state index >= 15 is 0 Å². The van der Waals surface area contributed by atoms with E-state index in [9.17, 15) is 0 Å². The Balaban J connectivity index is 2.43. The third-order valence-corrected chi connectivity index (χ3v) is 3.75. The fourth-order valence-electron chi connectivity index (χ4n) is 1.55. The summed E-state index contributed by atoms with van der Waals surface area (Å²) in [4.78, 5) is 11.3. The van der Waals surface area contributed by atoms with E-state index < -0.39 is 0 Å². The number of thiophene rings is 1. The van der Waals surface area contributed by atoms with Crippen molar-refractivity contribution in [3.63, 3.8) is 0 Å². The number of nitrogens with one attached hydrogen (secondary N) is 1. The molecule has 0 bridgehead atoms. The lowest BCUT2D eigenvalue weighted by molar-refractivity contribution is 1.00. The number of hydrogen-bond acceptors (Lipinski definition) is 5. The zero-order valence-corrected chi connectivity index (χ0v) is 10.8. The van der Waals surface area contributed by atoms with Crippen LogP contribution in [0.5, 0.6) is 0 Å². The van der Waals surface area contributed by atoms with Gasteiger partial charge in [-0.25, -0.2) is 15.8 Å². The lowest BCUT2D eigenvalue weighted by Crippen LogP contribution is -2.10. The normalized spacial score (nSPS) is 10.5. The minimum absolute atomic E-state index is 0.665. The Morgan fingerprint density at radius 1 is 1.24 bits per heavy atom. The second-order valence-corrected chi connectivity index (χ2v) is 4.85. The molecule has 2 aromatic rings. The van der Waals surface area contributed by atoms with Crippen molar-refractivity contribution in [2.75, 3.05) is 5.43 Å². The van der Waals surface area contributed by atoms with Crippen LogP contribution in [0, 0.1) is 0 Å². The van der Waals surface area contributed by atoms with E-state index in [2.05, 4.69) is 41.4 Å². The van der Waals surface area contributed by atoms with Crippen LogP contribution in [0.1, 0.15) is 24.4 Å². The van der Waals surface area contributed by atoms with E-state index in [1.165, 1.54) is 4.88 Å². The van der Waals surface area contributed by atoms with Crippen LogP contribution in [0.25, 0.3) is 10.7 Å². The Kier molecular flexibility index (Phi) is 3.71. The summed E-state index contributed by atoms with van der Waals surface area (Å²) in [5.41, 5.74) is 3.58. The van der Waals surface area contributed by atoms with Gasteiger partial charge >= 0.3 is 0 Å². The fourth-order valence-corrected chi connectivity index (χ4v) is 2.43. The first kappa shape index (κ1) is 12.0. The maximum absolute atomic E-state index is 5.41. The van der Waals surface area contributed by atoms with Crippen LogP contribution in [0.15, 0.2) is 18.2 Å². The molecule has 0 amide bonds. The largest absolute Gasteiger partial charge is 0.308 e. The Hall–Kier alpha value is -1.46. The molecule has 17 heavy (non-hydrogen) atoms. The van der Waals surface area contributed by atoms with Gasteiger partial charge in [-0.2, -0.15) is 0 Å². The van der Waals surface area contributed by atoms with Crippen molar-refractivity contribution in [2.45, 2.75) is 26.7 Å².